The van der Waals surface area contributed by atoms with Gasteiger partial charge in [-0.05, 0) is 62.9 Å². The highest BCUT2D eigenvalue weighted by atomic mass is 19.1. The van der Waals surface area contributed by atoms with Gasteiger partial charge in [-0.25, -0.2) is 4.39 Å². The summed E-state index contributed by atoms with van der Waals surface area (Å²) in [4.78, 5) is 10.2. The number of aliphatic imine (C=N–C) groups is 1. The molecular weight excluding hydrogens is 357 g/mol. The molecule has 7 heteroatoms. The van der Waals surface area contributed by atoms with Gasteiger partial charge in [-0.1, -0.05) is 0 Å². The summed E-state index contributed by atoms with van der Waals surface area (Å²) in [6.07, 6.45) is 5.45. The summed E-state index contributed by atoms with van der Waals surface area (Å²) in [5, 5.41) is 17.3. The Morgan fingerprint density at radius 1 is 1.32 bits per heavy atom. The van der Waals surface area contributed by atoms with E-state index in [1.165, 1.54) is 17.7 Å². The minimum atomic E-state index is -0.221. The minimum absolute atomic E-state index is 0.116. The molecule has 2 aromatic rings. The number of likely N-dealkylation sites (tertiary alicyclic amines) is 1. The van der Waals surface area contributed by atoms with Crippen LogP contribution in [0.5, 0.6) is 0 Å². The van der Waals surface area contributed by atoms with Crippen LogP contribution in [0.15, 0.2) is 29.4 Å². The van der Waals surface area contributed by atoms with Crippen molar-refractivity contribution in [2.24, 2.45) is 4.99 Å². The largest absolute Gasteiger partial charge is 0.393 e. The summed E-state index contributed by atoms with van der Waals surface area (Å²) in [7, 11) is 0. The summed E-state index contributed by atoms with van der Waals surface area (Å²) in [5.41, 5.74) is 2.01. The van der Waals surface area contributed by atoms with Crippen LogP contribution in [0.4, 0.5) is 4.39 Å². The van der Waals surface area contributed by atoms with E-state index in [2.05, 4.69) is 32.4 Å². The number of aromatic amines is 1. The molecule has 3 rings (SSSR count). The van der Waals surface area contributed by atoms with E-state index in [0.717, 1.165) is 81.8 Å². The third-order valence-corrected chi connectivity index (χ3v) is 5.22. The Bertz CT molecular complexity index is 767. The zero-order valence-corrected chi connectivity index (χ0v) is 16.7. The maximum Gasteiger partial charge on any atom is 0.191 e. The van der Waals surface area contributed by atoms with Crippen molar-refractivity contribution >= 4 is 16.9 Å². The van der Waals surface area contributed by atoms with Crippen LogP contribution < -0.4 is 10.6 Å². The van der Waals surface area contributed by atoms with E-state index in [9.17, 15) is 9.50 Å². The molecule has 1 aliphatic heterocycles. The number of hydrogen-bond acceptors (Lipinski definition) is 3. The molecule has 0 bridgehead atoms. The summed E-state index contributed by atoms with van der Waals surface area (Å²) in [6, 6.07) is 4.86. The fraction of sp³-hybridized carbons (Fsp3) is 0.571. The maximum atomic E-state index is 13.3. The van der Waals surface area contributed by atoms with Gasteiger partial charge in [0, 0.05) is 49.8 Å². The number of halogens is 1. The van der Waals surface area contributed by atoms with Gasteiger partial charge in [0.2, 0.25) is 0 Å². The van der Waals surface area contributed by atoms with Crippen LogP contribution in [0.25, 0.3) is 10.9 Å². The van der Waals surface area contributed by atoms with Crippen LogP contribution in [0.1, 0.15) is 31.7 Å². The highest BCUT2D eigenvalue weighted by Gasteiger charge is 2.15. The van der Waals surface area contributed by atoms with Crippen molar-refractivity contribution < 1.29 is 9.50 Å². The molecule has 1 aromatic heterocycles. The average molecular weight is 390 g/mol. The van der Waals surface area contributed by atoms with Gasteiger partial charge in [-0.2, -0.15) is 0 Å². The second-order valence-corrected chi connectivity index (χ2v) is 7.37. The number of guanidine groups is 1. The Kier molecular flexibility index (Phi) is 7.68. The lowest BCUT2D eigenvalue weighted by Gasteiger charge is -2.29. The van der Waals surface area contributed by atoms with E-state index in [4.69, 9.17) is 0 Å². The summed E-state index contributed by atoms with van der Waals surface area (Å²) in [6.45, 7) is 7.42. The molecule has 2 heterocycles. The van der Waals surface area contributed by atoms with Crippen molar-refractivity contribution in [3.63, 3.8) is 0 Å². The number of piperidine rings is 1. The lowest BCUT2D eigenvalue weighted by molar-refractivity contribution is 0.0824. The minimum Gasteiger partial charge on any atom is -0.393 e. The summed E-state index contributed by atoms with van der Waals surface area (Å²) >= 11 is 0. The van der Waals surface area contributed by atoms with Gasteiger partial charge in [0.05, 0.1) is 6.10 Å². The predicted octanol–water partition coefficient (Wildman–Crippen LogP) is 2.25. The number of nitrogens with one attached hydrogen (secondary N) is 3. The topological polar surface area (TPSA) is 75.7 Å². The molecule has 0 atom stereocenters. The number of hydrogen-bond donors (Lipinski definition) is 4. The predicted molar refractivity (Wildman–Crippen MR) is 112 cm³/mol. The molecule has 0 aliphatic carbocycles. The van der Waals surface area contributed by atoms with Gasteiger partial charge in [0.15, 0.2) is 5.96 Å². The van der Waals surface area contributed by atoms with Gasteiger partial charge < -0.3 is 25.6 Å². The Labute approximate surface area is 166 Å². The SMILES string of the molecule is CCNC(=NCCCN1CCC(O)CC1)NCCc1c[nH]c2cc(F)ccc12. The van der Waals surface area contributed by atoms with Crippen molar-refractivity contribution in [1.82, 2.24) is 20.5 Å². The first-order valence-electron chi connectivity index (χ1n) is 10.3. The van der Waals surface area contributed by atoms with Gasteiger partial charge >= 0.3 is 0 Å². The molecule has 0 amide bonds. The molecular formula is C21H32FN5O. The van der Waals surface area contributed by atoms with Gasteiger partial charge in [-0.3, -0.25) is 4.99 Å². The molecule has 0 radical (unpaired) electrons. The molecule has 4 N–H and O–H groups in total. The second-order valence-electron chi connectivity index (χ2n) is 7.37. The van der Waals surface area contributed by atoms with Crippen molar-refractivity contribution in [2.45, 2.75) is 38.7 Å². The Morgan fingerprint density at radius 2 is 2.14 bits per heavy atom. The Balaban J connectivity index is 1.42. The van der Waals surface area contributed by atoms with Crippen molar-refractivity contribution in [3.05, 3.63) is 35.8 Å². The number of aliphatic hydroxyl groups is 1. The van der Waals surface area contributed by atoms with Gasteiger partial charge in [0.1, 0.15) is 5.82 Å². The molecule has 28 heavy (non-hydrogen) atoms. The summed E-state index contributed by atoms with van der Waals surface area (Å²) in [5.74, 6) is 0.615. The fourth-order valence-electron chi connectivity index (χ4n) is 3.65. The number of H-pyrrole nitrogens is 1. The third kappa shape index (κ3) is 5.94. The van der Waals surface area contributed by atoms with E-state index < -0.39 is 0 Å². The molecule has 1 aliphatic rings. The number of aliphatic hydroxyl groups excluding tert-OH is 1. The van der Waals surface area contributed by atoms with Crippen LogP contribution >= 0.6 is 0 Å². The van der Waals surface area contributed by atoms with Crippen molar-refractivity contribution in [1.29, 1.82) is 0 Å². The molecule has 6 nitrogen and oxygen atoms in total. The first-order valence-corrected chi connectivity index (χ1v) is 10.3. The first kappa shape index (κ1) is 20.6. The summed E-state index contributed by atoms with van der Waals surface area (Å²) < 4.78 is 13.3. The lowest BCUT2D eigenvalue weighted by atomic mass is 10.1. The first-order chi connectivity index (χ1) is 13.7. The van der Waals surface area contributed by atoms with Crippen molar-refractivity contribution in [3.8, 4) is 0 Å². The van der Waals surface area contributed by atoms with Gasteiger partial charge in [0.25, 0.3) is 0 Å². The van der Waals surface area contributed by atoms with E-state index in [-0.39, 0.29) is 11.9 Å². The molecule has 1 aromatic carbocycles. The number of aromatic nitrogens is 1. The number of benzene rings is 1. The zero-order valence-electron chi connectivity index (χ0n) is 16.7. The lowest BCUT2D eigenvalue weighted by Crippen LogP contribution is -2.39. The zero-order chi connectivity index (χ0) is 19.8. The fourth-order valence-corrected chi connectivity index (χ4v) is 3.65. The second kappa shape index (κ2) is 10.4. The molecule has 1 saturated heterocycles. The van der Waals surface area contributed by atoms with Crippen LogP contribution in [-0.4, -0.2) is 66.3 Å². The van der Waals surface area contributed by atoms with E-state index in [1.54, 1.807) is 0 Å². The van der Waals surface area contributed by atoms with Crippen LogP contribution in [0, 0.1) is 5.82 Å². The smallest absolute Gasteiger partial charge is 0.191 e. The van der Waals surface area contributed by atoms with Crippen LogP contribution in [0.3, 0.4) is 0 Å². The number of fused-ring (bicyclic) bond motifs is 1. The monoisotopic (exact) mass is 389 g/mol. The quantitative estimate of drug-likeness (QED) is 0.317. The number of rotatable bonds is 8. The molecule has 1 fully saturated rings. The van der Waals surface area contributed by atoms with Crippen LogP contribution in [0.2, 0.25) is 0 Å². The van der Waals surface area contributed by atoms with E-state index in [0.29, 0.717) is 0 Å². The third-order valence-electron chi connectivity index (χ3n) is 5.22. The van der Waals surface area contributed by atoms with Crippen LogP contribution in [-0.2, 0) is 6.42 Å². The highest BCUT2D eigenvalue weighted by Crippen LogP contribution is 2.19. The Hall–Kier alpha value is -2.12. The standard InChI is InChI=1S/C21H32FN5O/c1-2-23-21(24-9-3-11-27-12-7-18(28)8-13-27)25-10-6-16-15-26-20-14-17(22)4-5-19(16)20/h4-5,14-15,18,26,28H,2-3,6-13H2,1H3,(H2,23,24,25). The van der Waals surface area contributed by atoms with E-state index >= 15 is 0 Å². The number of nitrogens with zero attached hydrogens (tertiary/aromatic N) is 2. The molecule has 0 spiro atoms. The Morgan fingerprint density at radius 3 is 2.93 bits per heavy atom. The maximum absolute atomic E-state index is 13.3. The van der Waals surface area contributed by atoms with E-state index in [1.807, 2.05) is 12.3 Å². The average Bonchev–Trinajstić information content (AvgIpc) is 3.08. The van der Waals surface area contributed by atoms with Crippen molar-refractivity contribution in [2.75, 3.05) is 39.3 Å². The molecule has 154 valence electrons. The highest BCUT2D eigenvalue weighted by molar-refractivity contribution is 5.83. The molecule has 0 saturated carbocycles. The normalized spacial score (nSPS) is 16.6. The van der Waals surface area contributed by atoms with Gasteiger partial charge in [-0.15, -0.1) is 0 Å². The molecule has 0 unspecified atom stereocenters.